The molecule has 0 aliphatic rings. The van der Waals surface area contributed by atoms with E-state index in [2.05, 4.69) is 0 Å². The Morgan fingerprint density at radius 2 is 1.23 bits per heavy atom. The van der Waals surface area contributed by atoms with Crippen LogP contribution in [0.5, 0.6) is 23.0 Å². The summed E-state index contributed by atoms with van der Waals surface area (Å²) in [6.07, 6.45) is 0. The number of methoxy groups -OCH3 is 2. The quantitative estimate of drug-likeness (QED) is 0.621. The van der Waals surface area contributed by atoms with E-state index < -0.39 is 8.25 Å². The molecule has 2 aromatic rings. The van der Waals surface area contributed by atoms with Crippen LogP contribution in [0, 0.1) is 0 Å². The molecular formula is C14H17N2O5P. The third-order valence-corrected chi connectivity index (χ3v) is 3.61. The average molecular weight is 324 g/mol. The first-order chi connectivity index (χ1) is 10.5. The second-order valence-corrected chi connectivity index (χ2v) is 5.17. The molecule has 0 unspecified atom stereocenters. The molecule has 0 aromatic heterocycles. The highest BCUT2D eigenvalue weighted by Gasteiger charge is 2.08. The summed E-state index contributed by atoms with van der Waals surface area (Å²) < 4.78 is 32.4. The lowest BCUT2D eigenvalue weighted by atomic mass is 10.3. The minimum Gasteiger partial charge on any atom is -0.495 e. The predicted octanol–water partition coefficient (Wildman–Crippen LogP) is 2.72. The van der Waals surface area contributed by atoms with Crippen LogP contribution in [-0.4, -0.2) is 14.2 Å². The number of hydrogen-bond donors (Lipinski definition) is 2. The van der Waals surface area contributed by atoms with E-state index in [0.29, 0.717) is 34.4 Å². The van der Waals surface area contributed by atoms with Crippen LogP contribution in [0.3, 0.4) is 0 Å². The summed E-state index contributed by atoms with van der Waals surface area (Å²) in [5.74, 6) is 1.67. The number of nitrogen functional groups attached to an aromatic ring is 2. The highest BCUT2D eigenvalue weighted by molar-refractivity contribution is 7.34. The highest BCUT2D eigenvalue weighted by atomic mass is 31.1. The SMILES string of the molecule is COc1ccc(O[PH](=O)Oc2ccc(OC)c(N)c2)cc1N. The number of hydrogen-bond acceptors (Lipinski definition) is 7. The molecule has 7 nitrogen and oxygen atoms in total. The molecule has 0 radical (unpaired) electrons. The molecule has 0 amide bonds. The molecule has 0 bridgehead atoms. The van der Waals surface area contributed by atoms with E-state index in [1.165, 1.54) is 26.4 Å². The van der Waals surface area contributed by atoms with Crippen molar-refractivity contribution >= 4 is 19.6 Å². The smallest absolute Gasteiger partial charge is 0.418 e. The zero-order valence-corrected chi connectivity index (χ0v) is 13.2. The van der Waals surface area contributed by atoms with Crippen molar-refractivity contribution in [2.45, 2.75) is 0 Å². The van der Waals surface area contributed by atoms with Crippen LogP contribution in [0.15, 0.2) is 36.4 Å². The molecule has 0 atom stereocenters. The van der Waals surface area contributed by atoms with Crippen molar-refractivity contribution in [3.63, 3.8) is 0 Å². The van der Waals surface area contributed by atoms with Crippen LogP contribution >= 0.6 is 8.25 Å². The van der Waals surface area contributed by atoms with Gasteiger partial charge in [0.1, 0.15) is 23.0 Å². The molecule has 0 fully saturated rings. The van der Waals surface area contributed by atoms with Gasteiger partial charge in [-0.05, 0) is 24.3 Å². The first-order valence-corrected chi connectivity index (χ1v) is 7.52. The summed E-state index contributed by atoms with van der Waals surface area (Å²) in [7, 11) is 0.204. The van der Waals surface area contributed by atoms with Gasteiger partial charge in [-0.1, -0.05) is 0 Å². The summed E-state index contributed by atoms with van der Waals surface area (Å²) in [6.45, 7) is 0. The Kier molecular flexibility index (Phi) is 5.01. The van der Waals surface area contributed by atoms with Crippen LogP contribution in [0.4, 0.5) is 11.4 Å². The van der Waals surface area contributed by atoms with Crippen LogP contribution in [0.25, 0.3) is 0 Å². The van der Waals surface area contributed by atoms with Crippen molar-refractivity contribution in [1.29, 1.82) is 0 Å². The van der Waals surface area contributed by atoms with Crippen molar-refractivity contribution in [1.82, 2.24) is 0 Å². The standard InChI is InChI=1S/C14H17N2O5P/c1-18-13-5-3-9(7-11(13)15)20-22(17)21-10-4-6-14(19-2)12(16)8-10/h3-8,22H,15-16H2,1-2H3. The third-order valence-electron chi connectivity index (χ3n) is 2.80. The van der Waals surface area contributed by atoms with Gasteiger partial charge in [0.05, 0.1) is 25.6 Å². The van der Waals surface area contributed by atoms with E-state index >= 15 is 0 Å². The van der Waals surface area contributed by atoms with E-state index in [1.54, 1.807) is 24.3 Å². The van der Waals surface area contributed by atoms with E-state index in [-0.39, 0.29) is 0 Å². The monoisotopic (exact) mass is 324 g/mol. The molecule has 4 N–H and O–H groups in total. The number of nitrogens with two attached hydrogens (primary N) is 2. The molecule has 0 saturated heterocycles. The van der Waals surface area contributed by atoms with Gasteiger partial charge in [0.2, 0.25) is 0 Å². The lowest BCUT2D eigenvalue weighted by Gasteiger charge is -2.11. The van der Waals surface area contributed by atoms with Crippen molar-refractivity contribution in [2.75, 3.05) is 25.7 Å². The largest absolute Gasteiger partial charge is 0.495 e. The maximum absolute atomic E-state index is 11.9. The van der Waals surface area contributed by atoms with E-state index in [4.69, 9.17) is 30.0 Å². The van der Waals surface area contributed by atoms with Crippen LogP contribution in [-0.2, 0) is 4.57 Å². The number of ether oxygens (including phenoxy) is 2. The number of anilines is 2. The first kappa shape index (κ1) is 15.9. The van der Waals surface area contributed by atoms with Gasteiger partial charge in [0.15, 0.2) is 0 Å². The maximum Gasteiger partial charge on any atom is 0.418 e. The summed E-state index contributed by atoms with van der Waals surface area (Å²) in [5, 5.41) is 0. The Hall–Kier alpha value is -2.53. The van der Waals surface area contributed by atoms with Gasteiger partial charge in [-0.2, -0.15) is 0 Å². The Morgan fingerprint density at radius 1 is 0.818 bits per heavy atom. The third kappa shape index (κ3) is 3.77. The molecule has 118 valence electrons. The molecule has 0 spiro atoms. The minimum atomic E-state index is -2.81. The van der Waals surface area contributed by atoms with E-state index in [1.807, 2.05) is 0 Å². The molecule has 0 aliphatic carbocycles. The Morgan fingerprint density at radius 3 is 1.55 bits per heavy atom. The second-order valence-electron chi connectivity index (χ2n) is 4.26. The van der Waals surface area contributed by atoms with Crippen molar-refractivity contribution in [2.24, 2.45) is 0 Å². The van der Waals surface area contributed by atoms with Crippen molar-refractivity contribution in [3.05, 3.63) is 36.4 Å². The molecule has 0 saturated carbocycles. The Bertz CT molecular complexity index is 635. The number of benzene rings is 2. The summed E-state index contributed by atoms with van der Waals surface area (Å²) in [4.78, 5) is 0. The van der Waals surface area contributed by atoms with E-state index in [9.17, 15) is 4.57 Å². The summed E-state index contributed by atoms with van der Waals surface area (Å²) in [6, 6.07) is 9.42. The van der Waals surface area contributed by atoms with Gasteiger partial charge < -0.3 is 30.0 Å². The lowest BCUT2D eigenvalue weighted by molar-refractivity contribution is 0.406. The first-order valence-electron chi connectivity index (χ1n) is 6.30. The van der Waals surface area contributed by atoms with Gasteiger partial charge in [-0.15, -0.1) is 0 Å². The molecule has 2 rings (SSSR count). The van der Waals surface area contributed by atoms with Gasteiger partial charge in [-0.25, -0.2) is 4.57 Å². The van der Waals surface area contributed by atoms with Gasteiger partial charge in [0.25, 0.3) is 0 Å². The average Bonchev–Trinajstić information content (AvgIpc) is 2.47. The molecular weight excluding hydrogens is 307 g/mol. The van der Waals surface area contributed by atoms with Crippen LogP contribution in [0.2, 0.25) is 0 Å². The van der Waals surface area contributed by atoms with E-state index in [0.717, 1.165) is 0 Å². The second kappa shape index (κ2) is 6.95. The molecule has 22 heavy (non-hydrogen) atoms. The summed E-state index contributed by atoms with van der Waals surface area (Å²) in [5.41, 5.74) is 12.2. The Labute approximate surface area is 128 Å². The predicted molar refractivity (Wildman–Crippen MR) is 85.1 cm³/mol. The fourth-order valence-corrected chi connectivity index (χ4v) is 2.45. The fraction of sp³-hybridized carbons (Fsp3) is 0.143. The topological polar surface area (TPSA) is 106 Å². The molecule has 0 aliphatic heterocycles. The van der Waals surface area contributed by atoms with Gasteiger partial charge >= 0.3 is 8.25 Å². The molecule has 8 heteroatoms. The minimum absolute atomic E-state index is 0.323. The van der Waals surface area contributed by atoms with Gasteiger partial charge in [-0.3, -0.25) is 0 Å². The van der Waals surface area contributed by atoms with Crippen LogP contribution in [0.1, 0.15) is 0 Å². The normalized spacial score (nSPS) is 10.3. The number of rotatable bonds is 6. The molecule has 0 heterocycles. The van der Waals surface area contributed by atoms with Crippen molar-refractivity contribution < 1.29 is 23.1 Å². The summed E-state index contributed by atoms with van der Waals surface area (Å²) >= 11 is 0. The maximum atomic E-state index is 11.9. The zero-order valence-electron chi connectivity index (χ0n) is 12.2. The van der Waals surface area contributed by atoms with Gasteiger partial charge in [0, 0.05) is 12.1 Å². The molecule has 2 aromatic carbocycles. The zero-order chi connectivity index (χ0) is 16.1. The lowest BCUT2D eigenvalue weighted by Crippen LogP contribution is -1.95. The van der Waals surface area contributed by atoms with Crippen molar-refractivity contribution in [3.8, 4) is 23.0 Å². The highest BCUT2D eigenvalue weighted by Crippen LogP contribution is 2.35. The Balaban J connectivity index is 2.04. The fourth-order valence-electron chi connectivity index (χ4n) is 1.77. The van der Waals surface area contributed by atoms with Crippen LogP contribution < -0.4 is 30.0 Å².